The molecule has 0 saturated carbocycles. The fourth-order valence-corrected chi connectivity index (χ4v) is 2.71. The first kappa shape index (κ1) is 14.7. The summed E-state index contributed by atoms with van der Waals surface area (Å²) >= 11 is 17.6. The molecule has 0 bridgehead atoms. The molecular weight excluding hydrogens is 305 g/mol. The van der Waals surface area contributed by atoms with Gasteiger partial charge in [-0.25, -0.2) is 0 Å². The second kappa shape index (κ2) is 5.74. The minimum Gasteiger partial charge on any atom is -0.366 e. The molecule has 0 aromatic heterocycles. The molecule has 0 amide bonds. The Morgan fingerprint density at radius 2 is 2.00 bits per heavy atom. The molecule has 1 unspecified atom stereocenters. The molecule has 102 valence electrons. The highest BCUT2D eigenvalue weighted by atomic mass is 35.6. The number of nitrogens with zero attached hydrogens (tertiary/aromatic N) is 1. The van der Waals surface area contributed by atoms with Gasteiger partial charge in [0.2, 0.25) is 3.79 Å². The van der Waals surface area contributed by atoms with E-state index < -0.39 is 3.79 Å². The summed E-state index contributed by atoms with van der Waals surface area (Å²) in [6, 6.07) is 7.88. The molecule has 0 fully saturated rings. The average molecular weight is 319 g/mol. The van der Waals surface area contributed by atoms with Crippen molar-refractivity contribution in [2.24, 2.45) is 0 Å². The minimum absolute atomic E-state index is 0.0747. The van der Waals surface area contributed by atoms with Crippen LogP contribution in [0, 0.1) is 0 Å². The van der Waals surface area contributed by atoms with Gasteiger partial charge in [-0.1, -0.05) is 59.1 Å². The number of Topliss-reactive ketones (excluding diaryl/α,β-unsaturated/α-hetero) is 1. The first-order valence-electron chi connectivity index (χ1n) is 5.96. The van der Waals surface area contributed by atoms with E-state index in [0.717, 1.165) is 11.1 Å². The summed E-state index contributed by atoms with van der Waals surface area (Å²) in [7, 11) is 0. The van der Waals surface area contributed by atoms with Gasteiger partial charge in [0.05, 0.1) is 12.6 Å². The lowest BCUT2D eigenvalue weighted by Gasteiger charge is -2.36. The van der Waals surface area contributed by atoms with Crippen molar-refractivity contribution in [3.8, 4) is 0 Å². The van der Waals surface area contributed by atoms with Crippen LogP contribution in [0.2, 0.25) is 0 Å². The highest BCUT2D eigenvalue weighted by Gasteiger charge is 2.30. The quantitative estimate of drug-likeness (QED) is 0.772. The molecule has 1 atom stereocenters. The summed E-state index contributed by atoms with van der Waals surface area (Å²) in [5.74, 6) is 0.115. The molecule has 1 aliphatic heterocycles. The Balaban J connectivity index is 2.33. The van der Waals surface area contributed by atoms with Crippen LogP contribution in [-0.2, 0) is 4.79 Å². The van der Waals surface area contributed by atoms with Gasteiger partial charge in [-0.2, -0.15) is 0 Å². The van der Waals surface area contributed by atoms with Crippen molar-refractivity contribution in [3.05, 3.63) is 41.6 Å². The largest absolute Gasteiger partial charge is 0.366 e. The lowest BCUT2D eigenvalue weighted by Crippen LogP contribution is -2.34. The van der Waals surface area contributed by atoms with Crippen molar-refractivity contribution < 1.29 is 4.79 Å². The van der Waals surface area contributed by atoms with Crippen LogP contribution >= 0.6 is 34.8 Å². The van der Waals surface area contributed by atoms with E-state index >= 15 is 0 Å². The van der Waals surface area contributed by atoms with E-state index in [4.69, 9.17) is 34.8 Å². The number of hydrogen-bond donors (Lipinski definition) is 0. The lowest BCUT2D eigenvalue weighted by atomic mass is 9.93. The maximum Gasteiger partial charge on any atom is 0.207 e. The van der Waals surface area contributed by atoms with Gasteiger partial charge < -0.3 is 4.90 Å². The molecule has 1 heterocycles. The fraction of sp³-hybridized carbons (Fsp3) is 0.357. The third kappa shape index (κ3) is 3.88. The van der Waals surface area contributed by atoms with E-state index in [-0.39, 0.29) is 18.4 Å². The third-order valence-corrected chi connectivity index (χ3v) is 3.40. The highest BCUT2D eigenvalue weighted by Crippen LogP contribution is 2.37. The van der Waals surface area contributed by atoms with E-state index in [1.165, 1.54) is 0 Å². The Morgan fingerprint density at radius 1 is 1.32 bits per heavy atom. The summed E-state index contributed by atoms with van der Waals surface area (Å²) in [4.78, 5) is 13.4. The second-order valence-corrected chi connectivity index (χ2v) is 7.17. The number of hydrogen-bond acceptors (Lipinski definition) is 2. The summed E-state index contributed by atoms with van der Waals surface area (Å²) in [6.07, 6.45) is 4.27. The van der Waals surface area contributed by atoms with Gasteiger partial charge in [0, 0.05) is 12.6 Å². The fourth-order valence-electron chi connectivity index (χ4n) is 2.29. The van der Waals surface area contributed by atoms with E-state index in [1.54, 1.807) is 6.92 Å². The van der Waals surface area contributed by atoms with Gasteiger partial charge in [-0.3, -0.25) is 4.79 Å². The number of ketones is 1. The molecular formula is C14H14Cl3NO. The van der Waals surface area contributed by atoms with Crippen LogP contribution < -0.4 is 0 Å². The third-order valence-electron chi connectivity index (χ3n) is 3.04. The van der Waals surface area contributed by atoms with E-state index in [1.807, 2.05) is 41.4 Å². The van der Waals surface area contributed by atoms with Crippen LogP contribution in [0.3, 0.4) is 0 Å². The maximum atomic E-state index is 11.5. The molecule has 0 N–H and O–H groups in total. The number of benzene rings is 1. The predicted molar refractivity (Wildman–Crippen MR) is 80.5 cm³/mol. The SMILES string of the molecule is CC(=O)CC1c2ccccc2C=CN1CC(Cl)(Cl)Cl. The second-order valence-electron chi connectivity index (χ2n) is 4.65. The minimum atomic E-state index is -1.37. The molecule has 2 rings (SSSR count). The number of carbonyl (C=O) groups excluding carboxylic acids is 1. The summed E-state index contributed by atoms with van der Waals surface area (Å²) in [6.45, 7) is 1.83. The first-order chi connectivity index (χ1) is 8.87. The Kier molecular flexibility index (Phi) is 4.44. The monoisotopic (exact) mass is 317 g/mol. The van der Waals surface area contributed by atoms with Crippen molar-refractivity contribution in [3.63, 3.8) is 0 Å². The molecule has 1 aromatic carbocycles. The number of carbonyl (C=O) groups is 1. The summed E-state index contributed by atoms with van der Waals surface area (Å²) < 4.78 is -1.37. The molecule has 5 heteroatoms. The standard InChI is InChI=1S/C14H14Cl3NO/c1-10(19)8-13-12-5-3-2-4-11(12)6-7-18(13)9-14(15,16)17/h2-7,13H,8-9H2,1H3. The van der Waals surface area contributed by atoms with Crippen LogP contribution in [0.15, 0.2) is 30.5 Å². The summed E-state index contributed by atoms with van der Waals surface area (Å²) in [5, 5.41) is 0. The molecule has 1 aromatic rings. The average Bonchev–Trinajstić information content (AvgIpc) is 2.30. The van der Waals surface area contributed by atoms with Crippen LogP contribution in [0.5, 0.6) is 0 Å². The van der Waals surface area contributed by atoms with E-state index in [2.05, 4.69) is 0 Å². The highest BCUT2D eigenvalue weighted by molar-refractivity contribution is 6.67. The molecule has 2 nitrogen and oxygen atoms in total. The molecule has 0 saturated heterocycles. The van der Waals surface area contributed by atoms with Gasteiger partial charge in [-0.05, 0) is 24.1 Å². The molecule has 1 aliphatic rings. The lowest BCUT2D eigenvalue weighted by molar-refractivity contribution is -0.118. The van der Waals surface area contributed by atoms with Crippen LogP contribution in [0.4, 0.5) is 0 Å². The zero-order valence-corrected chi connectivity index (χ0v) is 12.7. The first-order valence-corrected chi connectivity index (χ1v) is 7.09. The maximum absolute atomic E-state index is 11.5. The summed E-state index contributed by atoms with van der Waals surface area (Å²) in [5.41, 5.74) is 2.20. The number of halogens is 3. The van der Waals surface area contributed by atoms with Crippen LogP contribution in [0.1, 0.15) is 30.5 Å². The Labute approximate surface area is 127 Å². The van der Waals surface area contributed by atoms with Crippen LogP contribution in [-0.4, -0.2) is 21.0 Å². The molecule has 0 aliphatic carbocycles. The number of rotatable bonds is 3. The van der Waals surface area contributed by atoms with E-state index in [9.17, 15) is 4.79 Å². The Morgan fingerprint density at radius 3 is 2.63 bits per heavy atom. The molecule has 0 radical (unpaired) electrons. The smallest absolute Gasteiger partial charge is 0.207 e. The van der Waals surface area contributed by atoms with Gasteiger partial charge in [0.15, 0.2) is 0 Å². The van der Waals surface area contributed by atoms with Gasteiger partial charge in [0.1, 0.15) is 5.78 Å². The van der Waals surface area contributed by atoms with E-state index in [0.29, 0.717) is 6.42 Å². The zero-order chi connectivity index (χ0) is 14.0. The Hall–Kier alpha value is -0.700. The van der Waals surface area contributed by atoms with Crippen molar-refractivity contribution in [2.45, 2.75) is 23.2 Å². The van der Waals surface area contributed by atoms with Crippen molar-refractivity contribution >= 4 is 46.7 Å². The van der Waals surface area contributed by atoms with Gasteiger partial charge in [-0.15, -0.1) is 0 Å². The van der Waals surface area contributed by atoms with Gasteiger partial charge >= 0.3 is 0 Å². The normalized spacial score (nSPS) is 18.3. The van der Waals surface area contributed by atoms with Crippen molar-refractivity contribution in [1.82, 2.24) is 4.90 Å². The zero-order valence-electron chi connectivity index (χ0n) is 10.4. The predicted octanol–water partition coefficient (Wildman–Crippen LogP) is 4.36. The van der Waals surface area contributed by atoms with Crippen LogP contribution in [0.25, 0.3) is 6.08 Å². The number of alkyl halides is 3. The molecule has 0 spiro atoms. The topological polar surface area (TPSA) is 20.3 Å². The van der Waals surface area contributed by atoms with Crippen molar-refractivity contribution in [2.75, 3.05) is 6.54 Å². The molecule has 19 heavy (non-hydrogen) atoms. The Bertz CT molecular complexity index is 508. The van der Waals surface area contributed by atoms with Gasteiger partial charge in [0.25, 0.3) is 0 Å². The van der Waals surface area contributed by atoms with Crippen molar-refractivity contribution in [1.29, 1.82) is 0 Å². The number of fused-ring (bicyclic) bond motifs is 1.